The second-order valence-electron chi connectivity index (χ2n) is 5.17. The highest BCUT2D eigenvalue weighted by molar-refractivity contribution is 5.29. The molecule has 0 amide bonds. The van der Waals surface area contributed by atoms with Crippen LogP contribution in [0, 0.1) is 0 Å². The maximum Gasteiger partial charge on any atom is -0.0106 e. The number of hydrogen-bond donors (Lipinski definition) is 0. The number of hydrogen-bond acceptors (Lipinski definition) is 0. The van der Waals surface area contributed by atoms with Crippen LogP contribution in [0.5, 0.6) is 0 Å². The van der Waals surface area contributed by atoms with Gasteiger partial charge in [0.15, 0.2) is 0 Å². The van der Waals surface area contributed by atoms with Crippen LogP contribution in [0.3, 0.4) is 0 Å². The number of benzene rings is 1. The lowest BCUT2D eigenvalue weighted by molar-refractivity contribution is 0.506. The standard InChI is InChI=1S/C15H24/c1-6-12(3)13-8-10-14(11-9-13)15(4,5)7-2/h8-12H,6-7H2,1-5H3. The molecule has 1 aromatic rings. The molecule has 1 unspecified atom stereocenters. The molecule has 0 nitrogen and oxygen atoms in total. The molecule has 0 bridgehead atoms. The van der Waals surface area contributed by atoms with Gasteiger partial charge in [-0.05, 0) is 35.3 Å². The van der Waals surface area contributed by atoms with E-state index in [0.29, 0.717) is 11.3 Å². The summed E-state index contributed by atoms with van der Waals surface area (Å²) in [6, 6.07) is 9.18. The first-order chi connectivity index (χ1) is 7.01. The fourth-order valence-electron chi connectivity index (χ4n) is 1.70. The molecule has 1 atom stereocenters. The summed E-state index contributed by atoms with van der Waals surface area (Å²) in [4.78, 5) is 0. The summed E-state index contributed by atoms with van der Waals surface area (Å²) >= 11 is 0. The van der Waals surface area contributed by atoms with Crippen LogP contribution in [0.2, 0.25) is 0 Å². The summed E-state index contributed by atoms with van der Waals surface area (Å²) in [5.74, 6) is 0.684. The van der Waals surface area contributed by atoms with E-state index < -0.39 is 0 Å². The number of rotatable bonds is 4. The lowest BCUT2D eigenvalue weighted by Crippen LogP contribution is -2.15. The molecule has 1 rings (SSSR count). The van der Waals surface area contributed by atoms with E-state index in [1.54, 1.807) is 0 Å². The zero-order chi connectivity index (χ0) is 11.5. The topological polar surface area (TPSA) is 0 Å². The molecule has 0 heterocycles. The third-order valence-corrected chi connectivity index (χ3v) is 3.76. The van der Waals surface area contributed by atoms with E-state index in [-0.39, 0.29) is 0 Å². The molecule has 84 valence electrons. The minimum absolute atomic E-state index is 0.313. The van der Waals surface area contributed by atoms with Gasteiger partial charge in [0.25, 0.3) is 0 Å². The van der Waals surface area contributed by atoms with Crippen LogP contribution in [0.4, 0.5) is 0 Å². The fraction of sp³-hybridized carbons (Fsp3) is 0.600. The molecule has 15 heavy (non-hydrogen) atoms. The molecule has 0 aromatic heterocycles. The zero-order valence-corrected chi connectivity index (χ0v) is 10.8. The van der Waals surface area contributed by atoms with Crippen molar-refractivity contribution >= 4 is 0 Å². The van der Waals surface area contributed by atoms with Crippen LogP contribution in [0.25, 0.3) is 0 Å². The lowest BCUT2D eigenvalue weighted by Gasteiger charge is -2.24. The van der Waals surface area contributed by atoms with Gasteiger partial charge in [0.1, 0.15) is 0 Å². The Labute approximate surface area is 94.7 Å². The van der Waals surface area contributed by atoms with Crippen LogP contribution >= 0.6 is 0 Å². The minimum Gasteiger partial charge on any atom is -0.0648 e. The van der Waals surface area contributed by atoms with Crippen molar-refractivity contribution in [1.29, 1.82) is 0 Å². The average molecular weight is 204 g/mol. The predicted octanol–water partition coefficient (Wildman–Crippen LogP) is 4.89. The molecule has 0 heteroatoms. The summed E-state index contributed by atoms with van der Waals surface area (Å²) in [5, 5.41) is 0. The highest BCUT2D eigenvalue weighted by atomic mass is 14.2. The van der Waals surface area contributed by atoms with Crippen molar-refractivity contribution in [2.24, 2.45) is 0 Å². The van der Waals surface area contributed by atoms with Crippen LogP contribution in [-0.4, -0.2) is 0 Å². The van der Waals surface area contributed by atoms with Crippen LogP contribution in [0.1, 0.15) is 64.5 Å². The zero-order valence-electron chi connectivity index (χ0n) is 10.8. The Morgan fingerprint density at radius 3 is 2.00 bits per heavy atom. The second kappa shape index (κ2) is 4.83. The normalized spacial score (nSPS) is 13.9. The molecule has 0 saturated heterocycles. The van der Waals surface area contributed by atoms with E-state index in [1.807, 2.05) is 0 Å². The highest BCUT2D eigenvalue weighted by Crippen LogP contribution is 2.28. The summed E-state index contributed by atoms with van der Waals surface area (Å²) in [6.45, 7) is 11.4. The Hall–Kier alpha value is -0.780. The van der Waals surface area contributed by atoms with E-state index >= 15 is 0 Å². The van der Waals surface area contributed by atoms with Gasteiger partial charge in [0, 0.05) is 0 Å². The molecule has 0 spiro atoms. The van der Waals surface area contributed by atoms with Gasteiger partial charge in [0.2, 0.25) is 0 Å². The molecular formula is C15H24. The van der Waals surface area contributed by atoms with Gasteiger partial charge >= 0.3 is 0 Å². The molecule has 0 aliphatic rings. The maximum absolute atomic E-state index is 2.31. The van der Waals surface area contributed by atoms with Gasteiger partial charge in [-0.25, -0.2) is 0 Å². The monoisotopic (exact) mass is 204 g/mol. The Balaban J connectivity index is 2.90. The largest absolute Gasteiger partial charge is 0.0648 e. The molecule has 0 aliphatic carbocycles. The Kier molecular flexibility index (Phi) is 3.96. The molecule has 0 saturated carbocycles. The first kappa shape index (κ1) is 12.3. The summed E-state index contributed by atoms with van der Waals surface area (Å²) in [7, 11) is 0. The molecule has 0 fully saturated rings. The van der Waals surface area contributed by atoms with Crippen molar-refractivity contribution in [3.8, 4) is 0 Å². The van der Waals surface area contributed by atoms with Crippen molar-refractivity contribution in [3.63, 3.8) is 0 Å². The van der Waals surface area contributed by atoms with E-state index in [4.69, 9.17) is 0 Å². The molecule has 0 aliphatic heterocycles. The maximum atomic E-state index is 2.31. The Bertz CT molecular complexity index is 292. The van der Waals surface area contributed by atoms with Crippen LogP contribution in [0.15, 0.2) is 24.3 Å². The molecule has 1 aromatic carbocycles. The Morgan fingerprint density at radius 2 is 1.60 bits per heavy atom. The first-order valence-corrected chi connectivity index (χ1v) is 6.11. The van der Waals surface area contributed by atoms with Crippen molar-refractivity contribution < 1.29 is 0 Å². The minimum atomic E-state index is 0.313. The molecular weight excluding hydrogens is 180 g/mol. The van der Waals surface area contributed by atoms with E-state index in [0.717, 1.165) is 0 Å². The van der Waals surface area contributed by atoms with Crippen LogP contribution in [-0.2, 0) is 5.41 Å². The quantitative estimate of drug-likeness (QED) is 0.655. The van der Waals surface area contributed by atoms with Crippen LogP contribution < -0.4 is 0 Å². The molecule has 0 N–H and O–H groups in total. The fourth-order valence-corrected chi connectivity index (χ4v) is 1.70. The van der Waals surface area contributed by atoms with Crippen molar-refractivity contribution in [1.82, 2.24) is 0 Å². The summed E-state index contributed by atoms with van der Waals surface area (Å²) < 4.78 is 0. The third kappa shape index (κ3) is 2.84. The van der Waals surface area contributed by atoms with Gasteiger partial charge in [-0.1, -0.05) is 58.9 Å². The lowest BCUT2D eigenvalue weighted by atomic mass is 9.81. The van der Waals surface area contributed by atoms with Gasteiger partial charge in [0.05, 0.1) is 0 Å². The van der Waals surface area contributed by atoms with Gasteiger partial charge < -0.3 is 0 Å². The van der Waals surface area contributed by atoms with E-state index in [2.05, 4.69) is 58.9 Å². The Morgan fingerprint density at radius 1 is 1.07 bits per heavy atom. The average Bonchev–Trinajstić information content (AvgIpc) is 2.28. The molecule has 0 radical (unpaired) electrons. The van der Waals surface area contributed by atoms with Gasteiger partial charge in [-0.15, -0.1) is 0 Å². The SMILES string of the molecule is CCC(C)c1ccc(C(C)(C)CC)cc1. The van der Waals surface area contributed by atoms with Crippen molar-refractivity contribution in [2.75, 3.05) is 0 Å². The van der Waals surface area contributed by atoms with Gasteiger partial charge in [-0.2, -0.15) is 0 Å². The smallest absolute Gasteiger partial charge is 0.0106 e. The van der Waals surface area contributed by atoms with Crippen molar-refractivity contribution in [2.45, 2.75) is 58.8 Å². The van der Waals surface area contributed by atoms with Crippen molar-refractivity contribution in [3.05, 3.63) is 35.4 Å². The van der Waals surface area contributed by atoms with Gasteiger partial charge in [-0.3, -0.25) is 0 Å². The third-order valence-electron chi connectivity index (χ3n) is 3.76. The second-order valence-corrected chi connectivity index (χ2v) is 5.17. The van der Waals surface area contributed by atoms with E-state index in [1.165, 1.54) is 24.0 Å². The summed E-state index contributed by atoms with van der Waals surface area (Å²) in [5.41, 5.74) is 3.23. The first-order valence-electron chi connectivity index (χ1n) is 6.11. The summed E-state index contributed by atoms with van der Waals surface area (Å²) in [6.07, 6.45) is 2.41. The van der Waals surface area contributed by atoms with E-state index in [9.17, 15) is 0 Å². The highest BCUT2D eigenvalue weighted by Gasteiger charge is 2.17. The predicted molar refractivity (Wildman–Crippen MR) is 68.5 cm³/mol.